The van der Waals surface area contributed by atoms with E-state index in [2.05, 4.69) is 35.6 Å². The van der Waals surface area contributed by atoms with Crippen LogP contribution >= 0.6 is 0 Å². The molecule has 0 bridgehead atoms. The molecule has 0 saturated carbocycles. The van der Waals surface area contributed by atoms with Crippen LogP contribution in [-0.4, -0.2) is 15.5 Å². The summed E-state index contributed by atoms with van der Waals surface area (Å²) in [5.74, 6) is -0.0705. The van der Waals surface area contributed by atoms with Gasteiger partial charge >= 0.3 is 0 Å². The molecule has 0 aliphatic heterocycles. The highest BCUT2D eigenvalue weighted by molar-refractivity contribution is 5.99. The molecule has 1 amide bonds. The maximum Gasteiger partial charge on any atom is 0.251 e. The smallest absolute Gasteiger partial charge is 0.251 e. The van der Waals surface area contributed by atoms with Crippen molar-refractivity contribution in [2.45, 2.75) is 33.9 Å². The van der Waals surface area contributed by atoms with Gasteiger partial charge in [-0.1, -0.05) is 6.07 Å². The van der Waals surface area contributed by atoms with Gasteiger partial charge in [-0.05, 0) is 56.7 Å². The molecule has 0 atom stereocenters. The van der Waals surface area contributed by atoms with Gasteiger partial charge in [0, 0.05) is 34.9 Å². The molecule has 118 valence electrons. The number of carbonyl (C=O) groups is 1. The highest BCUT2D eigenvalue weighted by Crippen LogP contribution is 2.26. The summed E-state index contributed by atoms with van der Waals surface area (Å²) in [7, 11) is 0. The van der Waals surface area contributed by atoms with Crippen molar-refractivity contribution in [2.24, 2.45) is 0 Å². The Balaban J connectivity index is 1.85. The lowest BCUT2D eigenvalue weighted by atomic mass is 10.1. The van der Waals surface area contributed by atoms with Gasteiger partial charge in [-0.15, -0.1) is 0 Å². The van der Waals surface area contributed by atoms with E-state index in [1.165, 1.54) is 16.8 Å². The van der Waals surface area contributed by atoms with Crippen molar-refractivity contribution in [3.05, 3.63) is 65.1 Å². The van der Waals surface area contributed by atoms with Crippen molar-refractivity contribution in [2.75, 3.05) is 0 Å². The first-order valence-corrected chi connectivity index (χ1v) is 7.89. The Morgan fingerprint density at radius 2 is 2.04 bits per heavy atom. The Morgan fingerprint density at radius 3 is 2.74 bits per heavy atom. The normalized spacial score (nSPS) is 10.9. The van der Waals surface area contributed by atoms with Crippen LogP contribution in [0.4, 0.5) is 0 Å². The highest BCUT2D eigenvalue weighted by atomic mass is 16.1. The van der Waals surface area contributed by atoms with E-state index < -0.39 is 0 Å². The van der Waals surface area contributed by atoms with Gasteiger partial charge in [0.15, 0.2) is 0 Å². The van der Waals surface area contributed by atoms with Crippen LogP contribution in [0.15, 0.2) is 42.6 Å². The second kappa shape index (κ2) is 6.24. The Labute approximate surface area is 136 Å². The molecular weight excluding hydrogens is 286 g/mol. The number of fused-ring (bicyclic) bond motifs is 1. The number of hydrogen-bond acceptors (Lipinski definition) is 2. The van der Waals surface area contributed by atoms with Crippen LogP contribution in [-0.2, 0) is 13.1 Å². The first kappa shape index (κ1) is 15.3. The van der Waals surface area contributed by atoms with E-state index in [1.54, 1.807) is 6.20 Å². The van der Waals surface area contributed by atoms with Gasteiger partial charge in [-0.2, -0.15) is 0 Å². The van der Waals surface area contributed by atoms with Crippen LogP contribution in [0.5, 0.6) is 0 Å². The first-order chi connectivity index (χ1) is 11.1. The SMILES string of the molecule is CCn1c(C)c(C)c2cc(C(=O)NCc3ccccn3)ccc21. The van der Waals surface area contributed by atoms with Crippen LogP contribution < -0.4 is 5.32 Å². The standard InChI is InChI=1S/C19H21N3O/c1-4-22-14(3)13(2)17-11-15(8-9-18(17)22)19(23)21-12-16-7-5-6-10-20-16/h5-11H,4,12H2,1-3H3,(H,21,23). The van der Waals surface area contributed by atoms with E-state index in [0.717, 1.165) is 17.6 Å². The lowest BCUT2D eigenvalue weighted by Crippen LogP contribution is -2.23. The summed E-state index contributed by atoms with van der Waals surface area (Å²) in [6.07, 6.45) is 1.73. The average Bonchev–Trinajstić information content (AvgIpc) is 2.84. The molecule has 4 nitrogen and oxygen atoms in total. The third-order valence-corrected chi connectivity index (χ3v) is 4.37. The number of carbonyl (C=O) groups excluding carboxylic acids is 1. The van der Waals surface area contributed by atoms with Crippen molar-refractivity contribution in [1.29, 1.82) is 0 Å². The fourth-order valence-electron chi connectivity index (χ4n) is 2.97. The van der Waals surface area contributed by atoms with Crippen molar-refractivity contribution >= 4 is 16.8 Å². The van der Waals surface area contributed by atoms with Gasteiger partial charge < -0.3 is 9.88 Å². The Kier molecular flexibility index (Phi) is 4.15. The van der Waals surface area contributed by atoms with Gasteiger partial charge in [-0.3, -0.25) is 9.78 Å². The van der Waals surface area contributed by atoms with Crippen LogP contribution in [0.2, 0.25) is 0 Å². The molecule has 0 spiro atoms. The third kappa shape index (κ3) is 2.84. The summed E-state index contributed by atoms with van der Waals surface area (Å²) in [4.78, 5) is 16.6. The topological polar surface area (TPSA) is 46.9 Å². The molecule has 0 aliphatic carbocycles. The minimum Gasteiger partial charge on any atom is -0.346 e. The summed E-state index contributed by atoms with van der Waals surface area (Å²) in [5, 5.41) is 4.07. The zero-order chi connectivity index (χ0) is 16.4. The number of benzene rings is 1. The molecule has 0 radical (unpaired) electrons. The molecule has 1 N–H and O–H groups in total. The van der Waals surface area contributed by atoms with E-state index in [1.807, 2.05) is 36.4 Å². The van der Waals surface area contributed by atoms with Crippen molar-refractivity contribution in [1.82, 2.24) is 14.9 Å². The summed E-state index contributed by atoms with van der Waals surface area (Å²) in [6.45, 7) is 7.74. The molecule has 3 aromatic rings. The molecule has 4 heteroatoms. The lowest BCUT2D eigenvalue weighted by molar-refractivity contribution is 0.0950. The first-order valence-electron chi connectivity index (χ1n) is 7.89. The van der Waals surface area contributed by atoms with Gasteiger partial charge in [0.05, 0.1) is 12.2 Å². The molecule has 0 saturated heterocycles. The van der Waals surface area contributed by atoms with Crippen molar-refractivity contribution in [3.8, 4) is 0 Å². The summed E-state index contributed by atoms with van der Waals surface area (Å²) in [6, 6.07) is 11.6. The van der Waals surface area contributed by atoms with E-state index in [-0.39, 0.29) is 5.91 Å². The molecule has 2 heterocycles. The zero-order valence-corrected chi connectivity index (χ0v) is 13.8. The minimum atomic E-state index is -0.0705. The van der Waals surface area contributed by atoms with E-state index in [9.17, 15) is 4.79 Å². The molecule has 0 unspecified atom stereocenters. The Morgan fingerprint density at radius 1 is 1.22 bits per heavy atom. The number of nitrogens with one attached hydrogen (secondary N) is 1. The molecule has 3 rings (SSSR count). The predicted octanol–water partition coefficient (Wildman–Crippen LogP) is 3.60. The number of aromatic nitrogens is 2. The van der Waals surface area contributed by atoms with Crippen LogP contribution in [0.1, 0.15) is 34.2 Å². The van der Waals surface area contributed by atoms with Crippen LogP contribution in [0.25, 0.3) is 10.9 Å². The largest absolute Gasteiger partial charge is 0.346 e. The average molecular weight is 307 g/mol. The summed E-state index contributed by atoms with van der Waals surface area (Å²) < 4.78 is 2.28. The van der Waals surface area contributed by atoms with Crippen LogP contribution in [0.3, 0.4) is 0 Å². The molecule has 2 aromatic heterocycles. The van der Waals surface area contributed by atoms with Gasteiger partial charge in [0.2, 0.25) is 0 Å². The van der Waals surface area contributed by atoms with E-state index >= 15 is 0 Å². The van der Waals surface area contributed by atoms with Gasteiger partial charge in [0.1, 0.15) is 0 Å². The predicted molar refractivity (Wildman–Crippen MR) is 92.5 cm³/mol. The fraction of sp³-hybridized carbons (Fsp3) is 0.263. The van der Waals surface area contributed by atoms with E-state index in [4.69, 9.17) is 0 Å². The highest BCUT2D eigenvalue weighted by Gasteiger charge is 2.13. The van der Waals surface area contributed by atoms with Crippen molar-refractivity contribution < 1.29 is 4.79 Å². The molecular formula is C19H21N3O. The second-order valence-electron chi connectivity index (χ2n) is 5.69. The number of hydrogen-bond donors (Lipinski definition) is 1. The molecule has 23 heavy (non-hydrogen) atoms. The zero-order valence-electron chi connectivity index (χ0n) is 13.8. The third-order valence-electron chi connectivity index (χ3n) is 4.37. The monoisotopic (exact) mass is 307 g/mol. The van der Waals surface area contributed by atoms with Crippen molar-refractivity contribution in [3.63, 3.8) is 0 Å². The van der Waals surface area contributed by atoms with Gasteiger partial charge in [-0.25, -0.2) is 0 Å². The Bertz CT molecular complexity index is 850. The van der Waals surface area contributed by atoms with Crippen LogP contribution in [0, 0.1) is 13.8 Å². The maximum atomic E-state index is 12.4. The second-order valence-corrected chi connectivity index (χ2v) is 5.69. The minimum absolute atomic E-state index is 0.0705. The molecule has 1 aromatic carbocycles. The number of pyridine rings is 1. The summed E-state index contributed by atoms with van der Waals surface area (Å²) in [5.41, 5.74) is 5.22. The maximum absolute atomic E-state index is 12.4. The number of nitrogens with zero attached hydrogens (tertiary/aromatic N) is 2. The van der Waals surface area contributed by atoms with E-state index in [0.29, 0.717) is 12.1 Å². The van der Waals surface area contributed by atoms with Gasteiger partial charge in [0.25, 0.3) is 5.91 Å². The molecule has 0 aliphatic rings. The number of aryl methyl sites for hydroxylation is 2. The number of amides is 1. The molecule has 0 fully saturated rings. The summed E-state index contributed by atoms with van der Waals surface area (Å²) >= 11 is 0. The fourth-order valence-corrected chi connectivity index (χ4v) is 2.97. The number of rotatable bonds is 4. The quantitative estimate of drug-likeness (QED) is 0.800. The Hall–Kier alpha value is -2.62. The lowest BCUT2D eigenvalue weighted by Gasteiger charge is -2.06.